The highest BCUT2D eigenvalue weighted by Gasteiger charge is 2.18. The minimum Gasteiger partial charge on any atom is -0.467 e. The molecule has 2 heterocycles. The number of aryl methyl sites for hydroxylation is 2. The van der Waals surface area contributed by atoms with Crippen LogP contribution in [0.5, 0.6) is 0 Å². The van der Waals surface area contributed by atoms with Gasteiger partial charge in [0.1, 0.15) is 5.76 Å². The van der Waals surface area contributed by atoms with Gasteiger partial charge in [0, 0.05) is 16.3 Å². The van der Waals surface area contributed by atoms with Gasteiger partial charge in [-0.3, -0.25) is 4.79 Å². The van der Waals surface area contributed by atoms with Crippen LogP contribution in [0, 0.1) is 13.8 Å². The fourth-order valence-corrected chi connectivity index (χ4v) is 3.64. The number of pyridine rings is 1. The van der Waals surface area contributed by atoms with Crippen LogP contribution in [0.25, 0.3) is 10.9 Å². The molecule has 0 atom stereocenters. The molecule has 31 heavy (non-hydrogen) atoms. The van der Waals surface area contributed by atoms with Crippen molar-refractivity contribution < 1.29 is 9.21 Å². The number of anilines is 1. The number of amides is 2. The average molecular weight is 436 g/mol. The van der Waals surface area contributed by atoms with Gasteiger partial charge in [-0.25, -0.2) is 4.79 Å². The monoisotopic (exact) mass is 435 g/mol. The Morgan fingerprint density at radius 3 is 2.68 bits per heavy atom. The quantitative estimate of drug-likeness (QED) is 0.426. The van der Waals surface area contributed by atoms with E-state index in [0.717, 1.165) is 22.0 Å². The topological polar surface area (TPSA) is 78.3 Å². The molecule has 0 aliphatic carbocycles. The number of furan rings is 1. The lowest BCUT2D eigenvalue weighted by Gasteiger charge is -2.22. The summed E-state index contributed by atoms with van der Waals surface area (Å²) in [5, 5.41) is 4.28. The van der Waals surface area contributed by atoms with E-state index in [1.807, 2.05) is 32.0 Å². The Bertz CT molecular complexity index is 1300. The Morgan fingerprint density at radius 2 is 1.94 bits per heavy atom. The number of H-pyrrole nitrogens is 1. The van der Waals surface area contributed by atoms with Crippen LogP contribution in [0.3, 0.4) is 0 Å². The number of aromatic nitrogens is 1. The van der Waals surface area contributed by atoms with Crippen molar-refractivity contribution in [1.82, 2.24) is 9.88 Å². The summed E-state index contributed by atoms with van der Waals surface area (Å²) in [5.74, 6) is 0.616. The van der Waals surface area contributed by atoms with E-state index in [1.54, 1.807) is 42.7 Å². The number of benzene rings is 2. The molecule has 158 valence electrons. The lowest BCUT2D eigenvalue weighted by atomic mass is 10.0. The van der Waals surface area contributed by atoms with Gasteiger partial charge in [0.2, 0.25) is 0 Å². The molecule has 2 aromatic heterocycles. The minimum absolute atomic E-state index is 0.116. The van der Waals surface area contributed by atoms with E-state index in [-0.39, 0.29) is 24.7 Å². The Morgan fingerprint density at radius 1 is 1.10 bits per heavy atom. The van der Waals surface area contributed by atoms with Gasteiger partial charge in [-0.2, -0.15) is 0 Å². The standard InChI is InChI=1S/C24H22ClN3O3/c1-15-8-9-17-11-18(23(29)27-22(17)16(15)2)13-28(14-21-7-4-10-31-21)24(30)26-20-6-3-5-19(25)12-20/h3-12H,13-14H2,1-2H3,(H,26,30)(H,27,29). The summed E-state index contributed by atoms with van der Waals surface area (Å²) >= 11 is 6.03. The number of fused-ring (bicyclic) bond motifs is 1. The number of halogens is 1. The van der Waals surface area contributed by atoms with Crippen molar-refractivity contribution in [2.24, 2.45) is 0 Å². The summed E-state index contributed by atoms with van der Waals surface area (Å²) in [4.78, 5) is 30.3. The van der Waals surface area contributed by atoms with E-state index in [4.69, 9.17) is 16.0 Å². The van der Waals surface area contributed by atoms with Crippen LogP contribution >= 0.6 is 11.6 Å². The third-order valence-corrected chi connectivity index (χ3v) is 5.51. The van der Waals surface area contributed by atoms with E-state index < -0.39 is 0 Å². The van der Waals surface area contributed by atoms with Crippen molar-refractivity contribution in [3.05, 3.63) is 98.7 Å². The lowest BCUT2D eigenvalue weighted by molar-refractivity contribution is 0.201. The molecule has 0 saturated heterocycles. The van der Waals surface area contributed by atoms with Crippen LogP contribution in [-0.4, -0.2) is 15.9 Å². The molecule has 7 heteroatoms. The Hall–Kier alpha value is -3.51. The predicted octanol–water partition coefficient (Wildman–Crippen LogP) is 5.63. The van der Waals surface area contributed by atoms with Gasteiger partial charge in [-0.1, -0.05) is 29.8 Å². The van der Waals surface area contributed by atoms with Gasteiger partial charge < -0.3 is 19.6 Å². The number of hydrogen-bond acceptors (Lipinski definition) is 3. The minimum atomic E-state index is -0.363. The third kappa shape index (κ3) is 4.64. The summed E-state index contributed by atoms with van der Waals surface area (Å²) in [5.41, 5.74) is 3.79. The van der Waals surface area contributed by atoms with Gasteiger partial charge in [0.15, 0.2) is 0 Å². The second kappa shape index (κ2) is 8.70. The molecular weight excluding hydrogens is 414 g/mol. The SMILES string of the molecule is Cc1ccc2cc(CN(Cc3ccco3)C(=O)Nc3cccc(Cl)c3)c(=O)[nH]c2c1C. The molecule has 0 spiro atoms. The van der Waals surface area contributed by atoms with Crippen LogP contribution in [0.4, 0.5) is 10.5 Å². The van der Waals surface area contributed by atoms with Gasteiger partial charge in [0.25, 0.3) is 5.56 Å². The summed E-state index contributed by atoms with van der Waals surface area (Å²) in [6.45, 7) is 4.32. The van der Waals surface area contributed by atoms with Gasteiger partial charge in [-0.15, -0.1) is 0 Å². The van der Waals surface area contributed by atoms with E-state index in [2.05, 4.69) is 10.3 Å². The number of urea groups is 1. The maximum atomic E-state index is 13.0. The second-order valence-corrected chi connectivity index (χ2v) is 7.91. The normalized spacial score (nSPS) is 10.9. The smallest absolute Gasteiger partial charge is 0.322 e. The van der Waals surface area contributed by atoms with E-state index in [1.165, 1.54) is 4.90 Å². The highest BCUT2D eigenvalue weighted by atomic mass is 35.5. The average Bonchev–Trinajstić information content (AvgIpc) is 3.25. The van der Waals surface area contributed by atoms with Crippen LogP contribution in [0.15, 0.2) is 70.1 Å². The fourth-order valence-electron chi connectivity index (χ4n) is 3.45. The van der Waals surface area contributed by atoms with Crippen molar-refractivity contribution in [2.75, 3.05) is 5.32 Å². The van der Waals surface area contributed by atoms with Gasteiger partial charge >= 0.3 is 6.03 Å². The summed E-state index contributed by atoms with van der Waals surface area (Å²) in [7, 11) is 0. The lowest BCUT2D eigenvalue weighted by Crippen LogP contribution is -2.35. The zero-order chi connectivity index (χ0) is 22.0. The van der Waals surface area contributed by atoms with Crippen molar-refractivity contribution in [3.63, 3.8) is 0 Å². The molecule has 0 unspecified atom stereocenters. The van der Waals surface area contributed by atoms with Crippen LogP contribution in [-0.2, 0) is 13.1 Å². The van der Waals surface area contributed by atoms with Crippen LogP contribution in [0.2, 0.25) is 5.02 Å². The first-order chi connectivity index (χ1) is 14.9. The van der Waals surface area contributed by atoms with E-state index >= 15 is 0 Å². The molecule has 2 N–H and O–H groups in total. The zero-order valence-electron chi connectivity index (χ0n) is 17.2. The number of rotatable bonds is 5. The highest BCUT2D eigenvalue weighted by molar-refractivity contribution is 6.30. The number of carbonyl (C=O) groups excluding carboxylic acids is 1. The van der Waals surface area contributed by atoms with Crippen LogP contribution in [0.1, 0.15) is 22.5 Å². The first kappa shape index (κ1) is 20.8. The molecule has 0 radical (unpaired) electrons. The molecule has 0 aliphatic heterocycles. The summed E-state index contributed by atoms with van der Waals surface area (Å²) < 4.78 is 5.42. The van der Waals surface area contributed by atoms with Crippen LogP contribution < -0.4 is 10.9 Å². The Labute approximate surface area is 184 Å². The molecule has 0 saturated carbocycles. The largest absolute Gasteiger partial charge is 0.467 e. The van der Waals surface area contributed by atoms with Gasteiger partial charge in [0.05, 0.1) is 24.9 Å². The molecule has 2 amide bonds. The number of aromatic amines is 1. The number of hydrogen-bond donors (Lipinski definition) is 2. The predicted molar refractivity (Wildman–Crippen MR) is 122 cm³/mol. The Kier molecular flexibility index (Phi) is 5.82. The second-order valence-electron chi connectivity index (χ2n) is 7.47. The summed E-state index contributed by atoms with van der Waals surface area (Å²) in [6, 6.07) is 15.9. The molecule has 4 aromatic rings. The molecule has 0 bridgehead atoms. The van der Waals surface area contributed by atoms with Crippen molar-refractivity contribution in [1.29, 1.82) is 0 Å². The molecule has 2 aromatic carbocycles. The highest BCUT2D eigenvalue weighted by Crippen LogP contribution is 2.21. The summed E-state index contributed by atoms with van der Waals surface area (Å²) in [6.07, 6.45) is 1.55. The van der Waals surface area contributed by atoms with Crippen molar-refractivity contribution in [3.8, 4) is 0 Å². The van der Waals surface area contributed by atoms with Crippen molar-refractivity contribution >= 4 is 34.2 Å². The number of nitrogens with one attached hydrogen (secondary N) is 2. The molecule has 4 rings (SSSR count). The maximum absolute atomic E-state index is 13.0. The van der Waals surface area contributed by atoms with Gasteiger partial charge in [-0.05, 0) is 66.8 Å². The first-order valence-corrected chi connectivity index (χ1v) is 10.2. The van der Waals surface area contributed by atoms with Crippen molar-refractivity contribution in [2.45, 2.75) is 26.9 Å². The molecule has 0 aliphatic rings. The van der Waals surface area contributed by atoms with E-state index in [0.29, 0.717) is 22.0 Å². The molecular formula is C24H22ClN3O3. The molecule has 6 nitrogen and oxygen atoms in total. The zero-order valence-corrected chi connectivity index (χ0v) is 18.0. The molecule has 0 fully saturated rings. The van der Waals surface area contributed by atoms with E-state index in [9.17, 15) is 9.59 Å². The number of nitrogens with zero attached hydrogens (tertiary/aromatic N) is 1. The number of carbonyl (C=O) groups is 1. The first-order valence-electron chi connectivity index (χ1n) is 9.86. The Balaban J connectivity index is 1.65. The fraction of sp³-hybridized carbons (Fsp3) is 0.167. The third-order valence-electron chi connectivity index (χ3n) is 5.28. The maximum Gasteiger partial charge on any atom is 0.322 e.